The van der Waals surface area contributed by atoms with E-state index in [1.54, 1.807) is 0 Å². The van der Waals surface area contributed by atoms with E-state index < -0.39 is 0 Å². The Labute approximate surface area is 120 Å². The van der Waals surface area contributed by atoms with Gasteiger partial charge in [0.05, 0.1) is 0 Å². The van der Waals surface area contributed by atoms with Crippen LogP contribution in [0.3, 0.4) is 0 Å². The first-order valence-corrected chi connectivity index (χ1v) is 7.70. The van der Waals surface area contributed by atoms with Crippen molar-refractivity contribution in [2.24, 2.45) is 0 Å². The van der Waals surface area contributed by atoms with E-state index in [2.05, 4.69) is 36.2 Å². The van der Waals surface area contributed by atoms with E-state index in [-0.39, 0.29) is 0 Å². The van der Waals surface area contributed by atoms with Crippen LogP contribution in [0.1, 0.15) is 31.1 Å². The molecule has 1 aliphatic heterocycles. The van der Waals surface area contributed by atoms with Gasteiger partial charge >= 0.3 is 0 Å². The number of fused-ring (bicyclic) bond motifs is 1. The van der Waals surface area contributed by atoms with Gasteiger partial charge in [0.25, 0.3) is 0 Å². The van der Waals surface area contributed by atoms with Gasteiger partial charge in [-0.2, -0.15) is 0 Å². The predicted octanol–water partition coefficient (Wildman–Crippen LogP) is 3.32. The lowest BCUT2D eigenvalue weighted by Crippen LogP contribution is -2.42. The zero-order valence-electron chi connectivity index (χ0n) is 12.5. The minimum atomic E-state index is 0.644. The zero-order chi connectivity index (χ0) is 13.9. The Hall–Kier alpha value is -1.32. The van der Waals surface area contributed by atoms with Crippen LogP contribution in [0.25, 0.3) is 11.0 Å². The Kier molecular flexibility index (Phi) is 4.08. The smallest absolute Gasteiger partial charge is 0.134 e. The van der Waals surface area contributed by atoms with Gasteiger partial charge in [0.15, 0.2) is 0 Å². The first kappa shape index (κ1) is 13.7. The van der Waals surface area contributed by atoms with Crippen molar-refractivity contribution in [3.63, 3.8) is 0 Å². The number of hydrogen-bond acceptors (Lipinski definition) is 3. The summed E-state index contributed by atoms with van der Waals surface area (Å²) in [5.41, 5.74) is 2.32. The molecule has 0 radical (unpaired) electrons. The fourth-order valence-electron chi connectivity index (χ4n) is 3.14. The molecule has 0 aliphatic carbocycles. The maximum atomic E-state index is 5.83. The molecular formula is C17H24N2O. The molecule has 1 aromatic heterocycles. The second-order valence-corrected chi connectivity index (χ2v) is 5.72. The monoisotopic (exact) mass is 272 g/mol. The molecule has 0 bridgehead atoms. The Morgan fingerprint density at radius 2 is 2.00 bits per heavy atom. The van der Waals surface area contributed by atoms with Crippen LogP contribution in [-0.4, -0.2) is 30.6 Å². The lowest BCUT2D eigenvalue weighted by Gasteiger charge is -2.31. The van der Waals surface area contributed by atoms with Crippen LogP contribution in [0.2, 0.25) is 0 Å². The first-order chi connectivity index (χ1) is 9.78. The van der Waals surface area contributed by atoms with Crippen LogP contribution in [0.4, 0.5) is 0 Å². The van der Waals surface area contributed by atoms with E-state index >= 15 is 0 Å². The minimum absolute atomic E-state index is 0.644. The van der Waals surface area contributed by atoms with Crippen molar-refractivity contribution in [2.75, 3.05) is 19.6 Å². The van der Waals surface area contributed by atoms with Crippen molar-refractivity contribution in [2.45, 2.75) is 39.3 Å². The van der Waals surface area contributed by atoms with E-state index in [1.807, 2.05) is 12.1 Å². The lowest BCUT2D eigenvalue weighted by atomic mass is 10.0. The predicted molar refractivity (Wildman–Crippen MR) is 82.9 cm³/mol. The summed E-state index contributed by atoms with van der Waals surface area (Å²) in [5, 5.41) is 4.97. The number of para-hydroxylation sites is 1. The summed E-state index contributed by atoms with van der Waals surface area (Å²) in [4.78, 5) is 2.52. The maximum absolute atomic E-state index is 5.83. The molecule has 0 spiro atoms. The van der Waals surface area contributed by atoms with Gasteiger partial charge in [-0.15, -0.1) is 0 Å². The number of aryl methyl sites for hydroxylation is 1. The normalized spacial score (nSPS) is 17.9. The Morgan fingerprint density at radius 1 is 1.25 bits per heavy atom. The number of benzene rings is 1. The van der Waals surface area contributed by atoms with Gasteiger partial charge in [-0.25, -0.2) is 0 Å². The standard InChI is InChI=1S/C17H24N2O/c1-3-19-10-8-14(9-11-19)18-12-16-13(2)20-17-7-5-4-6-15(16)17/h4-7,14,18H,3,8-12H2,1-2H3. The first-order valence-electron chi connectivity index (χ1n) is 7.70. The van der Waals surface area contributed by atoms with Gasteiger partial charge in [0, 0.05) is 23.5 Å². The van der Waals surface area contributed by atoms with E-state index in [1.165, 1.54) is 43.4 Å². The summed E-state index contributed by atoms with van der Waals surface area (Å²) < 4.78 is 5.83. The average molecular weight is 272 g/mol. The van der Waals surface area contributed by atoms with Gasteiger partial charge in [-0.3, -0.25) is 0 Å². The molecular weight excluding hydrogens is 248 g/mol. The Morgan fingerprint density at radius 3 is 2.75 bits per heavy atom. The van der Waals surface area contributed by atoms with E-state index in [0.717, 1.165) is 17.9 Å². The third kappa shape index (κ3) is 2.74. The number of rotatable bonds is 4. The van der Waals surface area contributed by atoms with Gasteiger partial charge in [0.2, 0.25) is 0 Å². The quantitative estimate of drug-likeness (QED) is 0.925. The van der Waals surface area contributed by atoms with Crippen molar-refractivity contribution in [1.82, 2.24) is 10.2 Å². The topological polar surface area (TPSA) is 28.4 Å². The van der Waals surface area contributed by atoms with Gasteiger partial charge in [-0.05, 0) is 45.5 Å². The molecule has 1 saturated heterocycles. The highest BCUT2D eigenvalue weighted by Gasteiger charge is 2.18. The molecule has 3 rings (SSSR count). The second kappa shape index (κ2) is 5.98. The Balaban J connectivity index is 1.64. The number of hydrogen-bond donors (Lipinski definition) is 1. The molecule has 0 atom stereocenters. The number of nitrogens with zero attached hydrogens (tertiary/aromatic N) is 1. The summed E-state index contributed by atoms with van der Waals surface area (Å²) in [7, 11) is 0. The molecule has 1 fully saturated rings. The fraction of sp³-hybridized carbons (Fsp3) is 0.529. The van der Waals surface area contributed by atoms with E-state index in [0.29, 0.717) is 6.04 Å². The summed E-state index contributed by atoms with van der Waals surface area (Å²) in [6, 6.07) is 8.96. The van der Waals surface area contributed by atoms with E-state index in [4.69, 9.17) is 4.42 Å². The van der Waals surface area contributed by atoms with Crippen molar-refractivity contribution in [3.8, 4) is 0 Å². The van der Waals surface area contributed by atoms with Crippen LogP contribution >= 0.6 is 0 Å². The SMILES string of the molecule is CCN1CCC(NCc2c(C)oc3ccccc23)CC1. The van der Waals surface area contributed by atoms with Crippen LogP contribution in [0.15, 0.2) is 28.7 Å². The average Bonchev–Trinajstić information content (AvgIpc) is 2.81. The number of nitrogens with one attached hydrogen (secondary N) is 1. The molecule has 2 aromatic rings. The summed E-state index contributed by atoms with van der Waals surface area (Å²) in [6.45, 7) is 8.85. The molecule has 0 unspecified atom stereocenters. The fourth-order valence-corrected chi connectivity index (χ4v) is 3.14. The van der Waals surface area contributed by atoms with Crippen LogP contribution in [-0.2, 0) is 6.54 Å². The minimum Gasteiger partial charge on any atom is -0.461 e. The highest BCUT2D eigenvalue weighted by Crippen LogP contribution is 2.25. The summed E-state index contributed by atoms with van der Waals surface area (Å²) >= 11 is 0. The number of likely N-dealkylation sites (tertiary alicyclic amines) is 1. The number of furan rings is 1. The van der Waals surface area contributed by atoms with Crippen molar-refractivity contribution in [3.05, 3.63) is 35.6 Å². The molecule has 0 amide bonds. The van der Waals surface area contributed by atoms with Gasteiger partial charge < -0.3 is 14.6 Å². The van der Waals surface area contributed by atoms with Gasteiger partial charge in [-0.1, -0.05) is 25.1 Å². The molecule has 3 heteroatoms. The van der Waals surface area contributed by atoms with Crippen molar-refractivity contribution < 1.29 is 4.42 Å². The largest absolute Gasteiger partial charge is 0.461 e. The number of piperidine rings is 1. The molecule has 20 heavy (non-hydrogen) atoms. The zero-order valence-corrected chi connectivity index (χ0v) is 12.5. The molecule has 1 aliphatic rings. The lowest BCUT2D eigenvalue weighted by molar-refractivity contribution is 0.206. The second-order valence-electron chi connectivity index (χ2n) is 5.72. The molecule has 1 N–H and O–H groups in total. The summed E-state index contributed by atoms with van der Waals surface area (Å²) in [5.74, 6) is 1.05. The van der Waals surface area contributed by atoms with Crippen LogP contribution in [0, 0.1) is 6.92 Å². The molecule has 2 heterocycles. The molecule has 108 valence electrons. The van der Waals surface area contributed by atoms with Crippen LogP contribution < -0.4 is 5.32 Å². The molecule has 3 nitrogen and oxygen atoms in total. The Bertz CT molecular complexity index is 567. The van der Waals surface area contributed by atoms with Gasteiger partial charge in [0.1, 0.15) is 11.3 Å². The third-order valence-corrected chi connectivity index (χ3v) is 4.50. The van der Waals surface area contributed by atoms with Crippen LogP contribution in [0.5, 0.6) is 0 Å². The highest BCUT2D eigenvalue weighted by atomic mass is 16.3. The maximum Gasteiger partial charge on any atom is 0.134 e. The van der Waals surface area contributed by atoms with E-state index in [9.17, 15) is 0 Å². The molecule has 0 saturated carbocycles. The molecule has 1 aromatic carbocycles. The highest BCUT2D eigenvalue weighted by molar-refractivity contribution is 5.82. The van der Waals surface area contributed by atoms with Crippen molar-refractivity contribution in [1.29, 1.82) is 0 Å². The third-order valence-electron chi connectivity index (χ3n) is 4.50. The summed E-state index contributed by atoms with van der Waals surface area (Å²) in [6.07, 6.45) is 2.51. The van der Waals surface area contributed by atoms with Crippen molar-refractivity contribution >= 4 is 11.0 Å².